The molecule has 1 N–H and O–H groups in total. The second kappa shape index (κ2) is 3.51. The monoisotopic (exact) mass is 183 g/mol. The SMILES string of the molecule is CC(C)c1ccc(F)c(C(=O)O)n1. The molecule has 3 nitrogen and oxygen atoms in total. The summed E-state index contributed by atoms with van der Waals surface area (Å²) in [4.78, 5) is 14.2. The van der Waals surface area contributed by atoms with Crippen molar-refractivity contribution >= 4 is 5.97 Å². The predicted octanol–water partition coefficient (Wildman–Crippen LogP) is 2.04. The van der Waals surface area contributed by atoms with Crippen LogP contribution < -0.4 is 0 Å². The highest BCUT2D eigenvalue weighted by Crippen LogP contribution is 2.13. The Morgan fingerprint density at radius 1 is 1.54 bits per heavy atom. The lowest BCUT2D eigenvalue weighted by Crippen LogP contribution is -2.07. The molecule has 0 spiro atoms. The van der Waals surface area contributed by atoms with Crippen LogP contribution in [-0.2, 0) is 0 Å². The average molecular weight is 183 g/mol. The highest BCUT2D eigenvalue weighted by atomic mass is 19.1. The zero-order chi connectivity index (χ0) is 10.0. The van der Waals surface area contributed by atoms with Crippen molar-refractivity contribution in [3.05, 3.63) is 29.3 Å². The van der Waals surface area contributed by atoms with E-state index in [4.69, 9.17) is 5.11 Å². The topological polar surface area (TPSA) is 50.2 Å². The van der Waals surface area contributed by atoms with Gasteiger partial charge in [-0.25, -0.2) is 14.2 Å². The number of hydrogen-bond donors (Lipinski definition) is 1. The number of carboxylic acids is 1. The van der Waals surface area contributed by atoms with Crippen molar-refractivity contribution in [3.63, 3.8) is 0 Å². The number of aromatic carboxylic acids is 1. The lowest BCUT2D eigenvalue weighted by molar-refractivity contribution is 0.0684. The number of rotatable bonds is 2. The Labute approximate surface area is 75.2 Å². The number of aromatic nitrogens is 1. The van der Waals surface area contributed by atoms with Crippen LogP contribution in [0.25, 0.3) is 0 Å². The smallest absolute Gasteiger partial charge is 0.357 e. The number of pyridine rings is 1. The first-order valence-corrected chi connectivity index (χ1v) is 3.92. The molecule has 0 amide bonds. The van der Waals surface area contributed by atoms with Gasteiger partial charge in [0.05, 0.1) is 0 Å². The summed E-state index contributed by atoms with van der Waals surface area (Å²) < 4.78 is 12.8. The van der Waals surface area contributed by atoms with E-state index in [0.717, 1.165) is 6.07 Å². The lowest BCUT2D eigenvalue weighted by atomic mass is 10.1. The van der Waals surface area contributed by atoms with Crippen LogP contribution in [0.5, 0.6) is 0 Å². The van der Waals surface area contributed by atoms with Crippen LogP contribution in [0.4, 0.5) is 4.39 Å². The molecule has 0 aliphatic heterocycles. The second-order valence-corrected chi connectivity index (χ2v) is 3.03. The Morgan fingerprint density at radius 2 is 2.15 bits per heavy atom. The number of nitrogens with zero attached hydrogens (tertiary/aromatic N) is 1. The molecule has 1 aromatic rings. The van der Waals surface area contributed by atoms with Crippen molar-refractivity contribution in [2.45, 2.75) is 19.8 Å². The van der Waals surface area contributed by atoms with Crippen molar-refractivity contribution in [1.29, 1.82) is 0 Å². The summed E-state index contributed by atoms with van der Waals surface area (Å²) in [5.74, 6) is -2.03. The largest absolute Gasteiger partial charge is 0.476 e. The van der Waals surface area contributed by atoms with Crippen LogP contribution in [-0.4, -0.2) is 16.1 Å². The van der Waals surface area contributed by atoms with Gasteiger partial charge in [0, 0.05) is 5.69 Å². The van der Waals surface area contributed by atoms with E-state index in [9.17, 15) is 9.18 Å². The highest BCUT2D eigenvalue weighted by Gasteiger charge is 2.13. The summed E-state index contributed by atoms with van der Waals surface area (Å²) in [6.45, 7) is 3.73. The quantitative estimate of drug-likeness (QED) is 0.763. The Bertz CT molecular complexity index is 336. The summed E-state index contributed by atoms with van der Waals surface area (Å²) in [6, 6.07) is 2.62. The molecular formula is C9H10FNO2. The van der Waals surface area contributed by atoms with Gasteiger partial charge in [0.2, 0.25) is 0 Å². The lowest BCUT2D eigenvalue weighted by Gasteiger charge is -2.04. The van der Waals surface area contributed by atoms with Crippen molar-refractivity contribution in [2.75, 3.05) is 0 Å². The average Bonchev–Trinajstić information content (AvgIpc) is 2.04. The molecule has 70 valence electrons. The fourth-order valence-corrected chi connectivity index (χ4v) is 0.929. The molecule has 0 aliphatic carbocycles. The molecule has 0 unspecified atom stereocenters. The van der Waals surface area contributed by atoms with Gasteiger partial charge in [0.25, 0.3) is 0 Å². The van der Waals surface area contributed by atoms with Gasteiger partial charge in [-0.1, -0.05) is 13.8 Å². The Hall–Kier alpha value is -1.45. The van der Waals surface area contributed by atoms with Gasteiger partial charge in [0.15, 0.2) is 11.5 Å². The van der Waals surface area contributed by atoms with E-state index >= 15 is 0 Å². The molecule has 0 aliphatic rings. The minimum atomic E-state index is -1.33. The van der Waals surface area contributed by atoms with E-state index in [1.54, 1.807) is 0 Å². The van der Waals surface area contributed by atoms with E-state index in [2.05, 4.69) is 4.98 Å². The van der Waals surface area contributed by atoms with Crippen LogP contribution in [0, 0.1) is 5.82 Å². The standard InChI is InChI=1S/C9H10FNO2/c1-5(2)7-4-3-6(10)8(11-7)9(12)13/h3-5H,1-2H3,(H,12,13). The van der Waals surface area contributed by atoms with Gasteiger partial charge >= 0.3 is 5.97 Å². The molecule has 0 aromatic carbocycles. The van der Waals surface area contributed by atoms with Crippen LogP contribution in [0.1, 0.15) is 35.9 Å². The first kappa shape index (κ1) is 9.64. The van der Waals surface area contributed by atoms with E-state index in [1.807, 2.05) is 13.8 Å². The Balaban J connectivity index is 3.19. The minimum absolute atomic E-state index is 0.0960. The maximum absolute atomic E-state index is 12.8. The van der Waals surface area contributed by atoms with E-state index in [1.165, 1.54) is 6.07 Å². The molecule has 0 saturated carbocycles. The minimum Gasteiger partial charge on any atom is -0.476 e. The molecule has 1 heterocycles. The Kier molecular flexibility index (Phi) is 2.60. The molecule has 0 fully saturated rings. The fourth-order valence-electron chi connectivity index (χ4n) is 0.929. The van der Waals surface area contributed by atoms with Crippen molar-refractivity contribution in [2.24, 2.45) is 0 Å². The highest BCUT2D eigenvalue weighted by molar-refractivity contribution is 5.85. The third-order valence-electron chi connectivity index (χ3n) is 1.66. The molecule has 0 bridgehead atoms. The summed E-state index contributed by atoms with van der Waals surface area (Å²) in [7, 11) is 0. The van der Waals surface area contributed by atoms with Gasteiger partial charge in [0.1, 0.15) is 0 Å². The van der Waals surface area contributed by atoms with Crippen LogP contribution in [0.3, 0.4) is 0 Å². The van der Waals surface area contributed by atoms with Crippen LogP contribution in [0.15, 0.2) is 12.1 Å². The van der Waals surface area contributed by atoms with E-state index in [0.29, 0.717) is 5.69 Å². The molecule has 13 heavy (non-hydrogen) atoms. The summed E-state index contributed by atoms with van der Waals surface area (Å²) in [6.07, 6.45) is 0. The zero-order valence-corrected chi connectivity index (χ0v) is 7.41. The van der Waals surface area contributed by atoms with E-state index < -0.39 is 17.5 Å². The first-order valence-electron chi connectivity index (χ1n) is 3.92. The van der Waals surface area contributed by atoms with Crippen LogP contribution in [0.2, 0.25) is 0 Å². The van der Waals surface area contributed by atoms with Crippen molar-refractivity contribution in [1.82, 2.24) is 4.98 Å². The third-order valence-corrected chi connectivity index (χ3v) is 1.66. The molecule has 0 radical (unpaired) electrons. The van der Waals surface area contributed by atoms with Gasteiger partial charge < -0.3 is 5.11 Å². The Morgan fingerprint density at radius 3 is 2.62 bits per heavy atom. The fraction of sp³-hybridized carbons (Fsp3) is 0.333. The normalized spacial score (nSPS) is 10.5. The van der Waals surface area contributed by atoms with Gasteiger partial charge in [-0.3, -0.25) is 0 Å². The third kappa shape index (κ3) is 2.02. The number of carboxylic acid groups (broad SMARTS) is 1. The molecule has 0 saturated heterocycles. The van der Waals surface area contributed by atoms with Gasteiger partial charge in [-0.15, -0.1) is 0 Å². The van der Waals surface area contributed by atoms with Gasteiger partial charge in [-0.05, 0) is 18.1 Å². The van der Waals surface area contributed by atoms with E-state index in [-0.39, 0.29) is 5.92 Å². The molecule has 0 atom stereocenters. The zero-order valence-electron chi connectivity index (χ0n) is 7.41. The van der Waals surface area contributed by atoms with Crippen molar-refractivity contribution < 1.29 is 14.3 Å². The second-order valence-electron chi connectivity index (χ2n) is 3.03. The van der Waals surface area contributed by atoms with Gasteiger partial charge in [-0.2, -0.15) is 0 Å². The number of carbonyl (C=O) groups is 1. The molecule has 4 heteroatoms. The maximum Gasteiger partial charge on any atom is 0.357 e. The van der Waals surface area contributed by atoms with Crippen molar-refractivity contribution in [3.8, 4) is 0 Å². The molecule has 1 rings (SSSR count). The molecular weight excluding hydrogens is 173 g/mol. The number of hydrogen-bond acceptors (Lipinski definition) is 2. The first-order chi connectivity index (χ1) is 6.02. The molecule has 1 aromatic heterocycles. The van der Waals surface area contributed by atoms with Crippen LogP contribution >= 0.6 is 0 Å². The predicted molar refractivity (Wildman–Crippen MR) is 45.2 cm³/mol. The summed E-state index contributed by atoms with van der Waals surface area (Å²) >= 11 is 0. The summed E-state index contributed by atoms with van der Waals surface area (Å²) in [5.41, 5.74) is 0.0741. The number of halogens is 1. The summed E-state index contributed by atoms with van der Waals surface area (Å²) in [5, 5.41) is 8.57. The maximum atomic E-state index is 12.8.